The fourth-order valence-corrected chi connectivity index (χ4v) is 6.46. The van der Waals surface area contributed by atoms with Gasteiger partial charge >= 0.3 is 0 Å². The molecule has 148 valence electrons. The fraction of sp³-hybridized carbons (Fsp3) is 0.360. The zero-order valence-corrected chi connectivity index (χ0v) is 16.8. The number of hydrogen-bond acceptors (Lipinski definition) is 2. The van der Waals surface area contributed by atoms with Crippen molar-refractivity contribution in [3.8, 4) is 11.5 Å². The van der Waals surface area contributed by atoms with E-state index in [-0.39, 0.29) is 11.3 Å². The van der Waals surface area contributed by atoms with Crippen molar-refractivity contribution in [2.75, 3.05) is 0 Å². The van der Waals surface area contributed by atoms with E-state index in [1.165, 1.54) is 36.1 Å². The van der Waals surface area contributed by atoms with Crippen molar-refractivity contribution in [1.82, 2.24) is 9.97 Å². The lowest BCUT2D eigenvalue weighted by Gasteiger charge is -2.44. The summed E-state index contributed by atoms with van der Waals surface area (Å²) in [6.45, 7) is 4.82. The molecule has 2 aliphatic rings. The second-order valence-corrected chi connectivity index (χ2v) is 9.65. The molecule has 1 fully saturated rings. The molecule has 4 N–H and O–H groups in total. The van der Waals surface area contributed by atoms with Crippen LogP contribution in [0.3, 0.4) is 0 Å². The zero-order chi connectivity index (χ0) is 19.9. The van der Waals surface area contributed by atoms with Gasteiger partial charge in [0.05, 0.1) is 0 Å². The largest absolute Gasteiger partial charge is 0.508 e. The highest BCUT2D eigenvalue weighted by molar-refractivity contribution is 5.90. The highest BCUT2D eigenvalue weighted by atomic mass is 16.3. The van der Waals surface area contributed by atoms with Gasteiger partial charge in [-0.25, -0.2) is 0 Å². The van der Waals surface area contributed by atoms with Gasteiger partial charge in [-0.1, -0.05) is 20.3 Å². The van der Waals surface area contributed by atoms with E-state index in [1.807, 2.05) is 24.3 Å². The number of aromatic nitrogens is 2. The Labute approximate surface area is 169 Å². The maximum atomic E-state index is 10.2. The maximum Gasteiger partial charge on any atom is 0.116 e. The second kappa shape index (κ2) is 5.59. The lowest BCUT2D eigenvalue weighted by Crippen LogP contribution is -2.34. The molecular weight excluding hydrogens is 360 g/mol. The topological polar surface area (TPSA) is 72.0 Å². The Morgan fingerprint density at radius 2 is 1.69 bits per heavy atom. The number of phenolic OH excluding ortho intramolecular Hbond substituents is 2. The van der Waals surface area contributed by atoms with Gasteiger partial charge in [0.15, 0.2) is 0 Å². The van der Waals surface area contributed by atoms with Crippen LogP contribution in [0.25, 0.3) is 21.8 Å². The van der Waals surface area contributed by atoms with Crippen LogP contribution < -0.4 is 0 Å². The van der Waals surface area contributed by atoms with Crippen LogP contribution in [0, 0.1) is 11.3 Å². The molecule has 0 bridgehead atoms. The highest BCUT2D eigenvalue weighted by Crippen LogP contribution is 2.63. The first-order valence-electron chi connectivity index (χ1n) is 10.6. The van der Waals surface area contributed by atoms with Crippen LogP contribution >= 0.6 is 0 Å². The lowest BCUT2D eigenvalue weighted by atomic mass is 9.60. The predicted molar refractivity (Wildman–Crippen MR) is 116 cm³/mol. The van der Waals surface area contributed by atoms with Crippen LogP contribution in [0.2, 0.25) is 0 Å². The molecule has 0 unspecified atom stereocenters. The zero-order valence-electron chi connectivity index (χ0n) is 16.8. The van der Waals surface area contributed by atoms with Gasteiger partial charge in [0.2, 0.25) is 0 Å². The Morgan fingerprint density at radius 1 is 0.966 bits per heavy atom. The Kier molecular flexibility index (Phi) is 3.28. The number of aromatic hydroxyl groups is 2. The minimum atomic E-state index is 0.219. The van der Waals surface area contributed by atoms with Crippen molar-refractivity contribution in [3.63, 3.8) is 0 Å². The number of H-pyrrole nitrogens is 2. The van der Waals surface area contributed by atoms with Crippen LogP contribution in [0.1, 0.15) is 61.8 Å². The molecule has 0 saturated heterocycles. The monoisotopic (exact) mass is 386 g/mol. The SMILES string of the molecule is CC1(C)CCC[C@H]2c3c([nH]c4ccc(O)cc34)[C@H](c3c[nH]c4ccc(O)cc34)[C@H]21. The Hall–Kier alpha value is -2.88. The summed E-state index contributed by atoms with van der Waals surface area (Å²) in [5, 5.41) is 22.6. The van der Waals surface area contributed by atoms with E-state index in [4.69, 9.17) is 0 Å². The van der Waals surface area contributed by atoms with Crippen molar-refractivity contribution in [3.05, 3.63) is 59.4 Å². The minimum Gasteiger partial charge on any atom is -0.508 e. The van der Waals surface area contributed by atoms with Crippen LogP contribution in [-0.2, 0) is 0 Å². The first-order valence-corrected chi connectivity index (χ1v) is 10.6. The smallest absolute Gasteiger partial charge is 0.116 e. The van der Waals surface area contributed by atoms with Gasteiger partial charge in [0.1, 0.15) is 11.5 Å². The Balaban J connectivity index is 1.66. The van der Waals surface area contributed by atoms with Gasteiger partial charge in [-0.3, -0.25) is 0 Å². The van der Waals surface area contributed by atoms with E-state index in [0.717, 1.165) is 21.8 Å². The van der Waals surface area contributed by atoms with Gasteiger partial charge in [-0.15, -0.1) is 0 Å². The number of rotatable bonds is 1. The molecule has 2 aromatic carbocycles. The molecule has 0 amide bonds. The molecule has 2 aromatic heterocycles. The third kappa shape index (κ3) is 2.26. The molecule has 0 radical (unpaired) electrons. The van der Waals surface area contributed by atoms with E-state index in [9.17, 15) is 10.2 Å². The van der Waals surface area contributed by atoms with Gasteiger partial charge in [-0.05, 0) is 77.6 Å². The third-order valence-electron chi connectivity index (χ3n) is 7.60. The summed E-state index contributed by atoms with van der Waals surface area (Å²) in [7, 11) is 0. The van der Waals surface area contributed by atoms with Crippen molar-refractivity contribution < 1.29 is 10.2 Å². The third-order valence-corrected chi connectivity index (χ3v) is 7.60. The van der Waals surface area contributed by atoms with Crippen molar-refractivity contribution >= 4 is 21.8 Å². The number of phenols is 2. The molecule has 29 heavy (non-hydrogen) atoms. The molecule has 1 saturated carbocycles. The van der Waals surface area contributed by atoms with Crippen LogP contribution in [-0.4, -0.2) is 20.2 Å². The van der Waals surface area contributed by atoms with E-state index >= 15 is 0 Å². The van der Waals surface area contributed by atoms with Crippen molar-refractivity contribution in [2.24, 2.45) is 11.3 Å². The normalized spacial score (nSPS) is 25.4. The summed E-state index contributed by atoms with van der Waals surface area (Å²) in [4.78, 5) is 7.15. The van der Waals surface area contributed by atoms with E-state index in [0.29, 0.717) is 23.3 Å². The van der Waals surface area contributed by atoms with Gasteiger partial charge < -0.3 is 20.2 Å². The van der Waals surface area contributed by atoms with Gasteiger partial charge in [0.25, 0.3) is 0 Å². The number of benzene rings is 2. The maximum absolute atomic E-state index is 10.2. The van der Waals surface area contributed by atoms with Crippen molar-refractivity contribution in [2.45, 2.75) is 44.9 Å². The molecule has 6 rings (SSSR count). The average Bonchev–Trinajstić information content (AvgIpc) is 3.32. The number of nitrogens with one attached hydrogen (secondary N) is 2. The average molecular weight is 386 g/mol. The number of hydrogen-bond donors (Lipinski definition) is 4. The quantitative estimate of drug-likeness (QED) is 0.318. The molecule has 0 spiro atoms. The lowest BCUT2D eigenvalue weighted by molar-refractivity contribution is 0.112. The molecule has 4 nitrogen and oxygen atoms in total. The Bertz CT molecular complexity index is 1260. The first-order chi connectivity index (χ1) is 13.9. The molecule has 3 atom stereocenters. The molecule has 4 heteroatoms. The van der Waals surface area contributed by atoms with Gasteiger partial charge in [-0.2, -0.15) is 0 Å². The molecule has 2 heterocycles. The molecule has 4 aromatic rings. The van der Waals surface area contributed by atoms with E-state index < -0.39 is 0 Å². The predicted octanol–water partition coefficient (Wildman–Crippen LogP) is 6.12. The summed E-state index contributed by atoms with van der Waals surface area (Å²) < 4.78 is 0. The van der Waals surface area contributed by atoms with E-state index in [2.05, 4.69) is 30.0 Å². The number of aromatic amines is 2. The van der Waals surface area contributed by atoms with Crippen LogP contribution in [0.15, 0.2) is 42.6 Å². The van der Waals surface area contributed by atoms with Crippen molar-refractivity contribution in [1.29, 1.82) is 0 Å². The fourth-order valence-electron chi connectivity index (χ4n) is 6.46. The van der Waals surface area contributed by atoms with Crippen LogP contribution in [0.4, 0.5) is 0 Å². The molecular formula is C25H26N2O2. The summed E-state index contributed by atoms with van der Waals surface area (Å²) in [6.07, 6.45) is 5.79. The summed E-state index contributed by atoms with van der Waals surface area (Å²) >= 11 is 0. The standard InChI is InChI=1S/C25H26N2O2/c1-25(2)9-3-4-15-21-17-11-14(29)6-8-20(17)27-24(21)22(23(15)25)18-12-26-19-7-5-13(28)10-16(18)19/h5-8,10-12,15,22-23,26-29H,3-4,9H2,1-2H3/t15-,22+,23-/m0/s1. The van der Waals surface area contributed by atoms with Gasteiger partial charge in [0, 0.05) is 39.6 Å². The number of fused-ring (bicyclic) bond motifs is 6. The summed E-state index contributed by atoms with van der Waals surface area (Å²) in [5.74, 6) is 1.85. The summed E-state index contributed by atoms with van der Waals surface area (Å²) in [6, 6.07) is 11.3. The minimum absolute atomic E-state index is 0.219. The van der Waals surface area contributed by atoms with E-state index in [1.54, 1.807) is 12.1 Å². The molecule has 0 aliphatic heterocycles. The van der Waals surface area contributed by atoms with Crippen LogP contribution in [0.5, 0.6) is 11.5 Å². The second-order valence-electron chi connectivity index (χ2n) is 9.65. The first kappa shape index (κ1) is 17.0. The summed E-state index contributed by atoms with van der Waals surface area (Å²) in [5.41, 5.74) is 6.33. The Morgan fingerprint density at radius 3 is 2.48 bits per heavy atom. The molecule has 2 aliphatic carbocycles. The highest BCUT2D eigenvalue weighted by Gasteiger charge is 2.52.